The van der Waals surface area contributed by atoms with Gasteiger partial charge >= 0.3 is 17.9 Å². The van der Waals surface area contributed by atoms with E-state index < -0.39 is 241 Å². The Kier molecular flexibility index (Phi) is 49.9. The number of aromatic hydroxyl groups is 1. The summed E-state index contributed by atoms with van der Waals surface area (Å²) in [6, 6.07) is -7.12. The predicted molar refractivity (Wildman–Crippen MR) is 539 cm³/mol. The first-order chi connectivity index (χ1) is 70.9. The Morgan fingerprint density at radius 3 is 1.62 bits per heavy atom. The number of nitrogens with two attached hydrogens (primary N) is 4. The third-order valence-electron chi connectivity index (χ3n) is 24.2. The van der Waals surface area contributed by atoms with E-state index in [1.165, 1.54) is 49.6 Å². The normalized spacial score (nSPS) is 15.9. The minimum Gasteiger partial charge on any atom is -0.492 e. The van der Waals surface area contributed by atoms with Crippen LogP contribution >= 0.6 is 11.8 Å². The van der Waals surface area contributed by atoms with Crippen molar-refractivity contribution in [2.75, 3.05) is 62.4 Å². The van der Waals surface area contributed by atoms with Crippen LogP contribution in [0.1, 0.15) is 191 Å². The van der Waals surface area contributed by atoms with Gasteiger partial charge in [-0.3, -0.25) is 91.7 Å². The van der Waals surface area contributed by atoms with Gasteiger partial charge in [0.05, 0.1) is 37.8 Å². The van der Waals surface area contributed by atoms with Crippen molar-refractivity contribution in [3.8, 4) is 5.88 Å². The second-order valence-corrected chi connectivity index (χ2v) is 38.1. The molecule has 2 fully saturated rings. The molecule has 54 heteroatoms. The summed E-state index contributed by atoms with van der Waals surface area (Å²) in [6.07, 6.45) is 2.08. The van der Waals surface area contributed by atoms with Gasteiger partial charge in [-0.25, -0.2) is 19.7 Å². The molecule has 816 valence electrons. The molecule has 0 radical (unpaired) electrons. The van der Waals surface area contributed by atoms with Crippen LogP contribution in [0.15, 0.2) is 73.3 Å². The fraction of sp³-hybridized carbons (Fsp3) is 0.568. The summed E-state index contributed by atoms with van der Waals surface area (Å²) in [5.41, 5.74) is 24.6. The van der Waals surface area contributed by atoms with Crippen molar-refractivity contribution in [2.45, 2.75) is 274 Å². The van der Waals surface area contributed by atoms with E-state index in [2.05, 4.69) is 110 Å². The Morgan fingerprint density at radius 2 is 1.07 bits per heavy atom. The number of likely N-dealkylation sites (tertiary alicyclic amines) is 2. The molecule has 0 bridgehead atoms. The van der Waals surface area contributed by atoms with Gasteiger partial charge in [-0.05, 0) is 163 Å². The molecule has 149 heavy (non-hydrogen) atoms. The molecule has 0 saturated carbocycles. The van der Waals surface area contributed by atoms with Gasteiger partial charge in [0.15, 0.2) is 23.4 Å². The number of guanidine groups is 1. The number of aromatic amines is 1. The molecule has 0 unspecified atom stereocenters. The zero-order chi connectivity index (χ0) is 110. The van der Waals surface area contributed by atoms with Crippen LogP contribution in [0.3, 0.4) is 0 Å². The molecule has 2 aromatic carbocycles. The molecule has 15 amide bonds. The second kappa shape index (κ2) is 61.5. The maximum absolute atomic E-state index is 15.2. The molecule has 3 aromatic heterocycles. The average Bonchev–Trinajstić information content (AvgIpc) is 1.69. The van der Waals surface area contributed by atoms with Crippen molar-refractivity contribution >= 4 is 154 Å². The number of nitrogens with one attached hydrogen (secondary N) is 17. The van der Waals surface area contributed by atoms with Crippen LogP contribution in [0.25, 0.3) is 11.2 Å². The van der Waals surface area contributed by atoms with Gasteiger partial charge in [-0.1, -0.05) is 71.9 Å². The van der Waals surface area contributed by atoms with Crippen molar-refractivity contribution in [1.82, 2.24) is 114 Å². The molecule has 5 aromatic rings. The fourth-order valence-corrected chi connectivity index (χ4v) is 17.1. The zero-order valence-corrected chi connectivity index (χ0v) is 85.0. The van der Waals surface area contributed by atoms with Gasteiger partial charge in [-0.2, -0.15) is 21.7 Å². The van der Waals surface area contributed by atoms with E-state index in [1.54, 1.807) is 76.4 Å². The fourth-order valence-electron chi connectivity index (χ4n) is 16.5. The van der Waals surface area contributed by atoms with Gasteiger partial charge in [0.1, 0.15) is 84.6 Å². The third-order valence-corrected chi connectivity index (χ3v) is 24.8. The highest BCUT2D eigenvalue weighted by Gasteiger charge is 2.45. The van der Waals surface area contributed by atoms with Gasteiger partial charge in [0, 0.05) is 80.6 Å². The smallest absolute Gasteiger partial charge is 0.326 e. The molecule has 2 aliphatic rings. The lowest BCUT2D eigenvalue weighted by Gasteiger charge is -2.31. The first-order valence-electron chi connectivity index (χ1n) is 49.2. The third kappa shape index (κ3) is 39.9. The standard InChI is InChI=1S/C95H140N28O25S/c1-50(2)38-62(112-83(136)63(40-53-18-9-8-10-19-53)113-80(133)60(29-32-73(127)128)110-79(132)58(20-11-13-33-96)109-86(139)68(47-149-7)107-71(126)30-31-72(148-49-125)118-78(131)54-25-27-55(28-26-54)103-44-57-45-104-77-76(106-57)90(143)121-95(100)120-77)82(135)116-66(41-56-43-101-48-105-56)92(145)123-37-17-24-70(123)88(141)117-67(46-124)85(138)108-59(21-12-14-34-97)81(134)119-75(52(5)6)89(142)114-64(42-74(129)130)84(137)115-65(39-51(3)4)91(144)122-36-16-23-69(122)87(140)111-61(93(146)147)22-15-35-102-94(98)99/h8-10,18-19,25-28,43,45,48-52,58-70,72,75,103,124H,11-17,20-24,29-42,44,46-47,96-97H2,1-7H3,(H,101,105)(H,107,126)(H,108,138)(H,109,139)(H,110,132)(H,111,140)(H,112,136)(H,113,133)(H,114,142)(H,115,137)(H,116,135)(H,117,141)(H,118,131)(H,119,134)(H,127,128)(H,129,130)(H,146,147)(H4,98,99,102)(H3,100,104,120,121,143)/t58-,59-,60-,61-,62-,63-,64-,65-,66-,67-,68-,69-,70-,72+,75-/m0/s1. The average molecular weight is 2110 g/mol. The number of carbonyl (C=O) groups excluding carboxylic acids is 16. The van der Waals surface area contributed by atoms with Crippen molar-refractivity contribution in [2.24, 2.45) is 35.0 Å². The number of aromatic nitrogens is 6. The maximum atomic E-state index is 15.2. The number of aliphatic hydroxyl groups excluding tert-OH is 1. The van der Waals surface area contributed by atoms with Gasteiger partial charge in [0.2, 0.25) is 94.5 Å². The summed E-state index contributed by atoms with van der Waals surface area (Å²) in [5, 5.41) is 97.4. The molecule has 53 nitrogen and oxygen atoms in total. The van der Waals surface area contributed by atoms with Crippen LogP contribution in [0.5, 0.6) is 5.88 Å². The highest BCUT2D eigenvalue weighted by atomic mass is 32.2. The van der Waals surface area contributed by atoms with Crippen molar-refractivity contribution < 1.29 is 121 Å². The number of unbranched alkanes of at least 4 members (excludes halogenated alkanes) is 2. The number of carbonyl (C=O) groups is 19. The largest absolute Gasteiger partial charge is 0.492 e. The number of ether oxygens (including phenoxy) is 1. The Labute approximate surface area is 863 Å². The first kappa shape index (κ1) is 121. The van der Waals surface area contributed by atoms with Crippen LogP contribution in [-0.2, 0) is 110 Å². The van der Waals surface area contributed by atoms with Crippen LogP contribution in [0.2, 0.25) is 0 Å². The summed E-state index contributed by atoms with van der Waals surface area (Å²) in [5.74, 6) is -20.9. The van der Waals surface area contributed by atoms with E-state index in [0.717, 1.165) is 16.7 Å². The number of nitrogen functional groups attached to an aromatic ring is 1. The molecule has 5 heterocycles. The summed E-state index contributed by atoms with van der Waals surface area (Å²) >= 11 is 1.14. The minimum absolute atomic E-state index is 0.0202. The second-order valence-electron chi connectivity index (χ2n) is 37.2. The number of aliphatic hydroxyl groups is 1. The molecule has 0 aliphatic carbocycles. The maximum Gasteiger partial charge on any atom is 0.326 e. The van der Waals surface area contributed by atoms with Crippen molar-refractivity contribution in [3.05, 3.63) is 95.8 Å². The number of fused-ring (bicyclic) bond motifs is 1. The van der Waals surface area contributed by atoms with E-state index in [1.807, 2.05) is 0 Å². The van der Waals surface area contributed by atoms with Crippen molar-refractivity contribution in [1.29, 1.82) is 5.41 Å². The quantitative estimate of drug-likeness (QED) is 0.00588. The topological polar surface area (TPSA) is 830 Å². The Hall–Kier alpha value is -15.1. The van der Waals surface area contributed by atoms with Gasteiger partial charge < -0.3 is 148 Å². The van der Waals surface area contributed by atoms with Crippen molar-refractivity contribution in [3.63, 3.8) is 0 Å². The van der Waals surface area contributed by atoms with Crippen LogP contribution < -0.4 is 103 Å². The Morgan fingerprint density at radius 1 is 0.550 bits per heavy atom. The lowest BCUT2D eigenvalue weighted by molar-refractivity contribution is -0.145. The molecular formula is C95H140N28O25S. The lowest BCUT2D eigenvalue weighted by atomic mass is 9.99. The first-order valence-corrected chi connectivity index (χ1v) is 50.6. The number of amides is 15. The molecule has 2 saturated heterocycles. The Balaban J connectivity index is 1.01. The highest BCUT2D eigenvalue weighted by molar-refractivity contribution is 7.98. The number of nitrogens with zero attached hydrogens (tertiary/aromatic N) is 7. The molecule has 2 aliphatic heterocycles. The van der Waals surface area contributed by atoms with Crippen LogP contribution in [0, 0.1) is 23.2 Å². The summed E-state index contributed by atoms with van der Waals surface area (Å²) in [7, 11) is 0. The molecular weight excluding hydrogens is 1970 g/mol. The van der Waals surface area contributed by atoms with E-state index in [-0.39, 0.29) is 182 Å². The number of hydrogen-bond acceptors (Lipinski definition) is 33. The van der Waals surface area contributed by atoms with Crippen LogP contribution in [0.4, 0.5) is 11.6 Å². The van der Waals surface area contributed by atoms with E-state index >= 15 is 14.4 Å². The van der Waals surface area contributed by atoms with Gasteiger partial charge in [-0.15, -0.1) is 0 Å². The van der Waals surface area contributed by atoms with E-state index in [4.69, 9.17) is 33.1 Å². The van der Waals surface area contributed by atoms with E-state index in [0.29, 0.717) is 41.9 Å². The van der Waals surface area contributed by atoms with Gasteiger partial charge in [0.25, 0.3) is 12.4 Å². The Bertz CT molecular complexity index is 5400. The number of rotatable bonds is 65. The molecule has 15 atom stereocenters. The molecule has 7 rings (SSSR count). The SMILES string of the molecule is CSC[C@H](NC(=O)CC[C@H](NC(=O)c1ccc(NCc2cnc3nc(N)nc(O)c3n2)cc1)OC=O)C(=O)N[C@@H](CCCCN)C(=O)N[C@@H](CCC(=O)O)C(=O)N[C@@H](Cc1ccccc1)C(=O)N[C@@H](CC(C)C)C(=O)N[C@@H](Cc1cnc[nH]1)C(=O)N1CCC[C@H]1C(=O)N[C@@H](CO)C(=O)N[C@@H](CCCCN)C(=O)N[C@H](C(=O)N[C@@H](CC(=O)O)C(=O)N[C@@H](CC(C)C)C(=O)N1CCC[C@H]1C(=O)N[C@@H](CCCNC(=N)N)C(=O)O)C(C)C. The number of aliphatic carboxylic acids is 3. The lowest BCUT2D eigenvalue weighted by Crippen LogP contribution is -2.62. The summed E-state index contributed by atoms with van der Waals surface area (Å²) < 4.78 is 5.12. The molecule has 30 N–H and O–H groups in total. The number of thioether (sulfide) groups is 1. The summed E-state index contributed by atoms with van der Waals surface area (Å²) in [4.78, 5) is 291. The monoisotopic (exact) mass is 2110 g/mol. The number of carboxylic acid groups (broad SMARTS) is 3. The predicted octanol–water partition coefficient (Wildman–Crippen LogP) is -3.61. The minimum atomic E-state index is -1.90. The molecule has 0 spiro atoms. The summed E-state index contributed by atoms with van der Waals surface area (Å²) in [6.45, 7) is 9.34. The number of anilines is 2. The number of imidazole rings is 1. The number of hydrogen-bond donors (Lipinski definition) is 26. The zero-order valence-electron chi connectivity index (χ0n) is 84.2. The number of benzene rings is 2. The number of H-pyrrole nitrogens is 1. The van der Waals surface area contributed by atoms with Crippen LogP contribution in [-0.4, -0.2) is 326 Å². The van der Waals surface area contributed by atoms with E-state index in [9.17, 15) is 102 Å². The highest BCUT2D eigenvalue weighted by Crippen LogP contribution is 2.26. The number of carboxylic acids is 3.